The van der Waals surface area contributed by atoms with E-state index in [1.54, 1.807) is 24.3 Å². The Morgan fingerprint density at radius 1 is 0.811 bits per heavy atom. The number of carboxylic acids is 1. The van der Waals surface area contributed by atoms with E-state index in [9.17, 15) is 4.79 Å². The standard InChI is InChI=1S/C31H29NO4.ClH/c33-31(34)22-36-28-14-12-27(13-15-28)35-21-24-8-4-9-25(18-24)29-11-5-10-26-20-32(17-16-30(26)29)19-23-6-2-1-3-7-23;/h1-15,18H,16-17,19-22H2,(H,33,34);1H. The lowest BCUT2D eigenvalue weighted by molar-refractivity contribution is -0.139. The summed E-state index contributed by atoms with van der Waals surface area (Å²) in [5.41, 5.74) is 7.80. The second kappa shape index (κ2) is 12.4. The molecule has 0 saturated heterocycles. The van der Waals surface area contributed by atoms with Crippen molar-refractivity contribution in [2.45, 2.75) is 26.1 Å². The topological polar surface area (TPSA) is 59.0 Å². The summed E-state index contributed by atoms with van der Waals surface area (Å²) in [6.45, 7) is 3.08. The third kappa shape index (κ3) is 6.91. The molecule has 37 heavy (non-hydrogen) atoms. The van der Waals surface area contributed by atoms with E-state index in [1.807, 2.05) is 0 Å². The number of hydrogen-bond donors (Lipinski definition) is 1. The Bertz CT molecular complexity index is 1320. The summed E-state index contributed by atoms with van der Waals surface area (Å²) in [6.07, 6.45) is 1.04. The minimum atomic E-state index is -1.00. The van der Waals surface area contributed by atoms with Gasteiger partial charge in [0.15, 0.2) is 6.61 Å². The highest BCUT2D eigenvalue weighted by molar-refractivity contribution is 5.85. The molecule has 1 N–H and O–H groups in total. The van der Waals surface area contributed by atoms with E-state index >= 15 is 0 Å². The van der Waals surface area contributed by atoms with E-state index in [1.165, 1.54) is 27.8 Å². The molecule has 6 heteroatoms. The molecule has 0 spiro atoms. The molecule has 0 amide bonds. The van der Waals surface area contributed by atoms with E-state index in [2.05, 4.69) is 77.7 Å². The Kier molecular flexibility index (Phi) is 8.83. The molecule has 0 bridgehead atoms. The minimum Gasteiger partial charge on any atom is -0.489 e. The summed E-state index contributed by atoms with van der Waals surface area (Å²) < 4.78 is 11.1. The zero-order valence-electron chi connectivity index (χ0n) is 20.5. The number of carboxylic acid groups (broad SMARTS) is 1. The molecule has 0 atom stereocenters. The maximum atomic E-state index is 10.6. The first-order chi connectivity index (χ1) is 17.6. The van der Waals surface area contributed by atoms with Crippen LogP contribution in [0.1, 0.15) is 22.3 Å². The lowest BCUT2D eigenvalue weighted by Crippen LogP contribution is -2.30. The van der Waals surface area contributed by atoms with Gasteiger partial charge in [0.25, 0.3) is 0 Å². The number of ether oxygens (including phenoxy) is 2. The van der Waals surface area contributed by atoms with Gasteiger partial charge in [-0.05, 0) is 70.1 Å². The van der Waals surface area contributed by atoms with Gasteiger partial charge in [0, 0.05) is 19.6 Å². The van der Waals surface area contributed by atoms with E-state index in [-0.39, 0.29) is 19.0 Å². The minimum absolute atomic E-state index is 0. The van der Waals surface area contributed by atoms with Crippen molar-refractivity contribution in [2.75, 3.05) is 13.2 Å². The van der Waals surface area contributed by atoms with Crippen LogP contribution in [0.25, 0.3) is 11.1 Å². The van der Waals surface area contributed by atoms with Gasteiger partial charge in [0.1, 0.15) is 18.1 Å². The van der Waals surface area contributed by atoms with Crippen LogP contribution >= 0.6 is 12.4 Å². The van der Waals surface area contributed by atoms with Crippen LogP contribution in [-0.2, 0) is 30.9 Å². The molecule has 5 nitrogen and oxygen atoms in total. The highest BCUT2D eigenvalue weighted by Crippen LogP contribution is 2.31. The molecular formula is C31H30ClNO4. The van der Waals surface area contributed by atoms with Gasteiger partial charge in [-0.3, -0.25) is 4.90 Å². The second-order valence-corrected chi connectivity index (χ2v) is 9.03. The molecule has 1 heterocycles. The maximum absolute atomic E-state index is 10.6. The normalized spacial score (nSPS) is 12.8. The first kappa shape index (κ1) is 26.3. The molecule has 0 saturated carbocycles. The van der Waals surface area contributed by atoms with Crippen LogP contribution < -0.4 is 9.47 Å². The van der Waals surface area contributed by atoms with Crippen LogP contribution in [0.15, 0.2) is 97.1 Å². The van der Waals surface area contributed by atoms with Gasteiger partial charge in [0.2, 0.25) is 0 Å². The van der Waals surface area contributed by atoms with Crippen molar-refractivity contribution in [3.8, 4) is 22.6 Å². The maximum Gasteiger partial charge on any atom is 0.341 e. The summed E-state index contributed by atoms with van der Waals surface area (Å²) in [4.78, 5) is 13.2. The molecule has 4 aromatic rings. The molecule has 0 radical (unpaired) electrons. The molecule has 0 aliphatic carbocycles. The average Bonchev–Trinajstić information content (AvgIpc) is 2.91. The van der Waals surface area contributed by atoms with Gasteiger partial charge in [-0.15, -0.1) is 12.4 Å². The van der Waals surface area contributed by atoms with Crippen LogP contribution in [-0.4, -0.2) is 29.1 Å². The number of aliphatic carboxylic acids is 1. The molecule has 5 rings (SSSR count). The van der Waals surface area contributed by atoms with Gasteiger partial charge >= 0.3 is 5.97 Å². The largest absolute Gasteiger partial charge is 0.489 e. The molecule has 4 aromatic carbocycles. The third-order valence-electron chi connectivity index (χ3n) is 6.42. The Labute approximate surface area is 223 Å². The van der Waals surface area contributed by atoms with E-state index in [4.69, 9.17) is 14.6 Å². The predicted molar refractivity (Wildman–Crippen MR) is 147 cm³/mol. The highest BCUT2D eigenvalue weighted by atomic mass is 35.5. The zero-order chi connectivity index (χ0) is 24.7. The van der Waals surface area contributed by atoms with Crippen molar-refractivity contribution in [1.82, 2.24) is 4.90 Å². The lowest BCUT2D eigenvalue weighted by atomic mass is 9.90. The molecule has 1 aliphatic rings. The molecule has 0 unspecified atom stereocenters. The Balaban J connectivity index is 0.00000320. The summed E-state index contributed by atoms with van der Waals surface area (Å²) in [5.74, 6) is 0.209. The predicted octanol–water partition coefficient (Wildman–Crippen LogP) is 6.38. The van der Waals surface area contributed by atoms with Gasteiger partial charge in [-0.2, -0.15) is 0 Å². The quantitative estimate of drug-likeness (QED) is 0.280. The molecule has 1 aliphatic heterocycles. The highest BCUT2D eigenvalue weighted by Gasteiger charge is 2.19. The van der Waals surface area contributed by atoms with Crippen LogP contribution in [0.3, 0.4) is 0 Å². The summed E-state index contributed by atoms with van der Waals surface area (Å²) in [7, 11) is 0. The van der Waals surface area contributed by atoms with E-state index in [0.717, 1.165) is 31.6 Å². The van der Waals surface area contributed by atoms with Gasteiger partial charge in [-0.1, -0.05) is 66.7 Å². The van der Waals surface area contributed by atoms with Gasteiger partial charge < -0.3 is 14.6 Å². The van der Waals surface area contributed by atoms with Crippen molar-refractivity contribution >= 4 is 18.4 Å². The smallest absolute Gasteiger partial charge is 0.341 e. The lowest BCUT2D eigenvalue weighted by Gasteiger charge is -2.30. The molecule has 0 aromatic heterocycles. The van der Waals surface area contributed by atoms with Crippen molar-refractivity contribution in [2.24, 2.45) is 0 Å². The summed E-state index contributed by atoms with van der Waals surface area (Å²) in [5, 5.41) is 8.72. The zero-order valence-corrected chi connectivity index (χ0v) is 21.3. The molecular weight excluding hydrogens is 486 g/mol. The Hall–Kier alpha value is -3.80. The number of carbonyl (C=O) groups is 1. The monoisotopic (exact) mass is 515 g/mol. The van der Waals surface area contributed by atoms with Crippen LogP contribution in [0.4, 0.5) is 0 Å². The van der Waals surface area contributed by atoms with Crippen molar-refractivity contribution in [3.63, 3.8) is 0 Å². The number of rotatable bonds is 9. The number of nitrogens with zero attached hydrogens (tertiary/aromatic N) is 1. The van der Waals surface area contributed by atoms with Crippen LogP contribution in [0, 0.1) is 0 Å². The van der Waals surface area contributed by atoms with Crippen LogP contribution in [0.2, 0.25) is 0 Å². The fourth-order valence-electron chi connectivity index (χ4n) is 4.69. The average molecular weight is 516 g/mol. The summed E-state index contributed by atoms with van der Waals surface area (Å²) in [6, 6.07) is 32.8. The second-order valence-electron chi connectivity index (χ2n) is 9.03. The van der Waals surface area contributed by atoms with Crippen molar-refractivity contribution < 1.29 is 19.4 Å². The SMILES string of the molecule is Cl.O=C(O)COc1ccc(OCc2cccc(-c3cccc4c3CCN(Cc3ccccc3)C4)c2)cc1. The first-order valence-corrected chi connectivity index (χ1v) is 12.2. The van der Waals surface area contributed by atoms with Crippen molar-refractivity contribution in [1.29, 1.82) is 0 Å². The Morgan fingerprint density at radius 3 is 2.27 bits per heavy atom. The molecule has 190 valence electrons. The van der Waals surface area contributed by atoms with E-state index in [0.29, 0.717) is 18.1 Å². The summed E-state index contributed by atoms with van der Waals surface area (Å²) >= 11 is 0. The number of hydrogen-bond acceptors (Lipinski definition) is 4. The fraction of sp³-hybridized carbons (Fsp3) is 0.194. The van der Waals surface area contributed by atoms with Gasteiger partial charge in [0.05, 0.1) is 0 Å². The van der Waals surface area contributed by atoms with E-state index < -0.39 is 5.97 Å². The van der Waals surface area contributed by atoms with Gasteiger partial charge in [-0.25, -0.2) is 4.79 Å². The fourth-order valence-corrected chi connectivity index (χ4v) is 4.69. The molecule has 0 fully saturated rings. The first-order valence-electron chi connectivity index (χ1n) is 12.2. The Morgan fingerprint density at radius 2 is 1.51 bits per heavy atom. The number of halogens is 1. The van der Waals surface area contributed by atoms with Crippen molar-refractivity contribution in [3.05, 3.63) is 119 Å². The number of benzene rings is 4. The number of fused-ring (bicyclic) bond motifs is 1. The third-order valence-corrected chi connectivity index (χ3v) is 6.42. The van der Waals surface area contributed by atoms with Crippen LogP contribution in [0.5, 0.6) is 11.5 Å².